The number of hydrogen-bond acceptors (Lipinski definition) is 3. The minimum absolute atomic E-state index is 0.0925. The number of nitrogens with one attached hydrogen (secondary N) is 1. The van der Waals surface area contributed by atoms with Crippen LogP contribution in [0.2, 0.25) is 0 Å². The van der Waals surface area contributed by atoms with E-state index in [-0.39, 0.29) is 17.9 Å². The fraction of sp³-hybridized carbons (Fsp3) is 0.889. The van der Waals surface area contributed by atoms with E-state index in [1.165, 1.54) is 0 Å². The molecule has 76 valence electrons. The summed E-state index contributed by atoms with van der Waals surface area (Å²) in [5, 5.41) is 12.0. The standard InChI is InChI=1S/C9H18N2O2/c10-5-6-11-9(13)7-1-3-8(12)4-2-7/h7-8,12H,1-6,10H2,(H,11,13)/t7-,8-. The van der Waals surface area contributed by atoms with Crippen molar-refractivity contribution >= 4 is 5.91 Å². The molecule has 1 amide bonds. The van der Waals surface area contributed by atoms with Crippen LogP contribution in [0.5, 0.6) is 0 Å². The van der Waals surface area contributed by atoms with Gasteiger partial charge in [-0.05, 0) is 25.7 Å². The normalized spacial score (nSPS) is 28.5. The summed E-state index contributed by atoms with van der Waals surface area (Å²) < 4.78 is 0. The van der Waals surface area contributed by atoms with Crippen LogP contribution in [-0.2, 0) is 4.79 Å². The molecule has 1 fully saturated rings. The molecule has 0 heterocycles. The summed E-state index contributed by atoms with van der Waals surface area (Å²) in [5.41, 5.74) is 5.27. The Morgan fingerprint density at radius 3 is 2.54 bits per heavy atom. The van der Waals surface area contributed by atoms with Gasteiger partial charge in [0.15, 0.2) is 0 Å². The molecule has 0 atom stereocenters. The van der Waals surface area contributed by atoms with Crippen molar-refractivity contribution in [1.29, 1.82) is 0 Å². The largest absolute Gasteiger partial charge is 0.393 e. The molecule has 0 aliphatic heterocycles. The molecule has 0 aromatic rings. The lowest BCUT2D eigenvalue weighted by atomic mass is 9.87. The molecule has 4 heteroatoms. The van der Waals surface area contributed by atoms with Crippen LogP contribution in [0.15, 0.2) is 0 Å². The zero-order chi connectivity index (χ0) is 9.68. The zero-order valence-electron chi connectivity index (χ0n) is 7.83. The first-order valence-electron chi connectivity index (χ1n) is 4.90. The zero-order valence-corrected chi connectivity index (χ0v) is 7.83. The van der Waals surface area contributed by atoms with Crippen LogP contribution in [0.1, 0.15) is 25.7 Å². The number of aliphatic hydroxyl groups is 1. The smallest absolute Gasteiger partial charge is 0.223 e. The predicted octanol–water partition coefficient (Wildman–Crippen LogP) is -0.388. The summed E-state index contributed by atoms with van der Waals surface area (Å²) in [7, 11) is 0. The van der Waals surface area contributed by atoms with Gasteiger partial charge < -0.3 is 16.2 Å². The van der Waals surface area contributed by atoms with Gasteiger partial charge in [0.05, 0.1) is 6.10 Å². The van der Waals surface area contributed by atoms with Gasteiger partial charge in [0.25, 0.3) is 0 Å². The first-order chi connectivity index (χ1) is 6.24. The topological polar surface area (TPSA) is 75.3 Å². The maximum Gasteiger partial charge on any atom is 0.223 e. The van der Waals surface area contributed by atoms with Crippen molar-refractivity contribution in [3.63, 3.8) is 0 Å². The average molecular weight is 186 g/mol. The molecular weight excluding hydrogens is 168 g/mol. The molecule has 0 radical (unpaired) electrons. The van der Waals surface area contributed by atoms with Crippen molar-refractivity contribution in [2.24, 2.45) is 11.7 Å². The third-order valence-corrected chi connectivity index (χ3v) is 2.51. The maximum atomic E-state index is 11.4. The lowest BCUT2D eigenvalue weighted by Gasteiger charge is -2.24. The fourth-order valence-corrected chi connectivity index (χ4v) is 1.68. The monoisotopic (exact) mass is 186 g/mol. The number of hydrogen-bond donors (Lipinski definition) is 3. The summed E-state index contributed by atoms with van der Waals surface area (Å²) >= 11 is 0. The molecule has 1 aliphatic rings. The van der Waals surface area contributed by atoms with Gasteiger partial charge in [-0.25, -0.2) is 0 Å². The predicted molar refractivity (Wildman–Crippen MR) is 50.0 cm³/mol. The highest BCUT2D eigenvalue weighted by molar-refractivity contribution is 5.78. The van der Waals surface area contributed by atoms with Crippen molar-refractivity contribution in [2.45, 2.75) is 31.8 Å². The van der Waals surface area contributed by atoms with E-state index in [0.29, 0.717) is 13.1 Å². The van der Waals surface area contributed by atoms with Crippen molar-refractivity contribution in [3.8, 4) is 0 Å². The van der Waals surface area contributed by atoms with E-state index in [0.717, 1.165) is 25.7 Å². The Labute approximate surface area is 78.5 Å². The Morgan fingerprint density at radius 1 is 1.38 bits per heavy atom. The van der Waals surface area contributed by atoms with Crippen LogP contribution in [0.4, 0.5) is 0 Å². The Morgan fingerprint density at radius 2 is 2.00 bits per heavy atom. The molecule has 0 saturated heterocycles. The first-order valence-corrected chi connectivity index (χ1v) is 4.90. The van der Waals surface area contributed by atoms with Crippen molar-refractivity contribution in [3.05, 3.63) is 0 Å². The number of carbonyl (C=O) groups excluding carboxylic acids is 1. The quantitative estimate of drug-likeness (QED) is 0.562. The third-order valence-electron chi connectivity index (χ3n) is 2.51. The molecule has 0 spiro atoms. The molecule has 0 aromatic heterocycles. The second-order valence-corrected chi connectivity index (χ2v) is 3.59. The average Bonchev–Trinajstić information content (AvgIpc) is 2.15. The van der Waals surface area contributed by atoms with Crippen molar-refractivity contribution < 1.29 is 9.90 Å². The van der Waals surface area contributed by atoms with Gasteiger partial charge in [-0.15, -0.1) is 0 Å². The van der Waals surface area contributed by atoms with Gasteiger partial charge in [0, 0.05) is 19.0 Å². The van der Waals surface area contributed by atoms with Crippen LogP contribution in [0.3, 0.4) is 0 Å². The van der Waals surface area contributed by atoms with E-state index < -0.39 is 0 Å². The van der Waals surface area contributed by atoms with Gasteiger partial charge in [-0.2, -0.15) is 0 Å². The molecule has 1 rings (SSSR count). The van der Waals surface area contributed by atoms with Crippen LogP contribution in [0, 0.1) is 5.92 Å². The van der Waals surface area contributed by atoms with Crippen LogP contribution in [0.25, 0.3) is 0 Å². The molecule has 13 heavy (non-hydrogen) atoms. The van der Waals surface area contributed by atoms with E-state index in [1.54, 1.807) is 0 Å². The number of aliphatic hydroxyl groups excluding tert-OH is 1. The Bertz CT molecular complexity index is 165. The second kappa shape index (κ2) is 5.19. The van der Waals surface area contributed by atoms with Crippen molar-refractivity contribution in [2.75, 3.05) is 13.1 Å². The van der Waals surface area contributed by atoms with E-state index in [9.17, 15) is 9.90 Å². The van der Waals surface area contributed by atoms with Crippen LogP contribution < -0.4 is 11.1 Å². The minimum Gasteiger partial charge on any atom is -0.393 e. The van der Waals surface area contributed by atoms with E-state index in [1.807, 2.05) is 0 Å². The summed E-state index contributed by atoms with van der Waals surface area (Å²) in [6, 6.07) is 0. The highest BCUT2D eigenvalue weighted by atomic mass is 16.3. The fourth-order valence-electron chi connectivity index (χ4n) is 1.68. The third kappa shape index (κ3) is 3.32. The summed E-state index contributed by atoms with van der Waals surface area (Å²) in [5.74, 6) is 0.187. The van der Waals surface area contributed by atoms with Crippen LogP contribution >= 0.6 is 0 Å². The number of carbonyl (C=O) groups is 1. The summed E-state index contributed by atoms with van der Waals surface area (Å²) in [6.45, 7) is 1.04. The van der Waals surface area contributed by atoms with E-state index >= 15 is 0 Å². The Kier molecular flexibility index (Phi) is 4.18. The number of nitrogens with two attached hydrogens (primary N) is 1. The van der Waals surface area contributed by atoms with Crippen LogP contribution in [-0.4, -0.2) is 30.2 Å². The first kappa shape index (κ1) is 10.5. The minimum atomic E-state index is -0.196. The number of amides is 1. The molecule has 0 bridgehead atoms. The Balaban J connectivity index is 2.23. The summed E-state index contributed by atoms with van der Waals surface area (Å²) in [6.07, 6.45) is 2.91. The molecular formula is C9H18N2O2. The molecule has 1 saturated carbocycles. The van der Waals surface area contributed by atoms with Gasteiger partial charge in [0.2, 0.25) is 5.91 Å². The lowest BCUT2D eigenvalue weighted by molar-refractivity contribution is -0.126. The second-order valence-electron chi connectivity index (χ2n) is 3.59. The summed E-state index contributed by atoms with van der Waals surface area (Å²) in [4.78, 5) is 11.4. The molecule has 4 N–H and O–H groups in total. The molecule has 1 aliphatic carbocycles. The SMILES string of the molecule is NCCNC(=O)[C@H]1CC[C@H](O)CC1. The highest BCUT2D eigenvalue weighted by Crippen LogP contribution is 2.23. The molecule has 0 aromatic carbocycles. The lowest BCUT2D eigenvalue weighted by Crippen LogP contribution is -2.36. The maximum absolute atomic E-state index is 11.4. The molecule has 0 unspecified atom stereocenters. The number of rotatable bonds is 3. The van der Waals surface area contributed by atoms with Gasteiger partial charge >= 0.3 is 0 Å². The van der Waals surface area contributed by atoms with Gasteiger partial charge in [-0.1, -0.05) is 0 Å². The molecule has 4 nitrogen and oxygen atoms in total. The van der Waals surface area contributed by atoms with Gasteiger partial charge in [0.1, 0.15) is 0 Å². The Hall–Kier alpha value is -0.610. The van der Waals surface area contributed by atoms with Gasteiger partial charge in [-0.3, -0.25) is 4.79 Å². The van der Waals surface area contributed by atoms with Crippen molar-refractivity contribution in [1.82, 2.24) is 5.32 Å². The highest BCUT2D eigenvalue weighted by Gasteiger charge is 2.24. The van der Waals surface area contributed by atoms with E-state index in [2.05, 4.69) is 5.32 Å². The van der Waals surface area contributed by atoms with E-state index in [4.69, 9.17) is 5.73 Å².